The van der Waals surface area contributed by atoms with Gasteiger partial charge in [0.05, 0.1) is 59.1 Å². The molecule has 53 heavy (non-hydrogen) atoms. The number of aromatic nitrogens is 9. The van der Waals surface area contributed by atoms with Gasteiger partial charge in [-0.05, 0) is 61.2 Å². The number of H-pyrrole nitrogens is 1. The average Bonchev–Trinajstić information content (AvgIpc) is 3.91. The highest BCUT2D eigenvalue weighted by molar-refractivity contribution is 6.02. The summed E-state index contributed by atoms with van der Waals surface area (Å²) in [7, 11) is 3.46. The molecule has 272 valence electrons. The fraction of sp³-hybridized carbons (Fsp3) is 0.314. The Morgan fingerprint density at radius 3 is 2.57 bits per heavy atom. The van der Waals surface area contributed by atoms with E-state index in [-0.39, 0.29) is 42.9 Å². The van der Waals surface area contributed by atoms with E-state index in [0.717, 1.165) is 21.7 Å². The molecular formula is C35H32F4N12O2. The van der Waals surface area contributed by atoms with Gasteiger partial charge in [-0.25, -0.2) is 4.39 Å². The molecule has 0 spiro atoms. The van der Waals surface area contributed by atoms with Crippen LogP contribution in [0.3, 0.4) is 0 Å². The molecule has 1 aliphatic rings. The summed E-state index contributed by atoms with van der Waals surface area (Å²) in [4.78, 5) is 29.9. The van der Waals surface area contributed by atoms with Crippen LogP contribution >= 0.6 is 0 Å². The van der Waals surface area contributed by atoms with Crippen LogP contribution in [0.4, 0.5) is 17.6 Å². The van der Waals surface area contributed by atoms with Crippen molar-refractivity contribution in [3.63, 3.8) is 0 Å². The molecule has 2 N–H and O–H groups in total. The highest BCUT2D eigenvalue weighted by atomic mass is 19.4. The SMILES string of the molecule is Cn1cc(CC(C(=O)NC(C)(C)Cn2nc(C(F)(F)F)cc2-c2cn[nH]n2)N2CCc3c(-c4cc5cnn(C)c5cc4C#N)ccc(F)c3C2=O)cn1. The van der Waals surface area contributed by atoms with Crippen LogP contribution in [0.1, 0.15) is 46.6 Å². The molecule has 0 radical (unpaired) electrons. The van der Waals surface area contributed by atoms with E-state index in [9.17, 15) is 28.0 Å². The Kier molecular flexibility index (Phi) is 8.59. The first-order valence-corrected chi connectivity index (χ1v) is 16.4. The zero-order chi connectivity index (χ0) is 37.8. The molecule has 2 aromatic carbocycles. The molecule has 1 unspecified atom stereocenters. The Balaban J connectivity index is 1.22. The molecule has 0 saturated carbocycles. The molecule has 18 heteroatoms. The third kappa shape index (κ3) is 6.61. The van der Waals surface area contributed by atoms with E-state index in [1.54, 1.807) is 74.1 Å². The van der Waals surface area contributed by atoms with Gasteiger partial charge in [0.15, 0.2) is 5.69 Å². The molecule has 0 bridgehead atoms. The minimum absolute atomic E-state index is 0.0125. The number of rotatable bonds is 9. The standard InChI is InChI=1S/C35H32F4N12O2/c1-34(2,18-51-28(26-16-41-47-45-26)12-30(46-51)35(37,38)39)44-32(52)29(9-19-14-42-48(3)17-19)50-8-7-23-22(5-6-25(36)31(23)33(50)53)24-10-21-15-43-49(4)27(21)11-20(24)13-40/h5-6,10-12,14-17,29H,7-9,18H2,1-4H3,(H,44,52)(H,41,45,47). The molecule has 5 heterocycles. The van der Waals surface area contributed by atoms with Gasteiger partial charge in [-0.1, -0.05) is 6.07 Å². The Morgan fingerprint density at radius 1 is 1.09 bits per heavy atom. The van der Waals surface area contributed by atoms with Crippen LogP contribution in [0, 0.1) is 17.1 Å². The first-order valence-electron chi connectivity index (χ1n) is 16.4. The Morgan fingerprint density at radius 2 is 1.89 bits per heavy atom. The van der Waals surface area contributed by atoms with Gasteiger partial charge in [0, 0.05) is 44.2 Å². The van der Waals surface area contributed by atoms with Crippen molar-refractivity contribution in [1.29, 1.82) is 5.26 Å². The van der Waals surface area contributed by atoms with Crippen LogP contribution < -0.4 is 5.32 Å². The third-order valence-electron chi connectivity index (χ3n) is 9.26. The van der Waals surface area contributed by atoms with Crippen molar-refractivity contribution in [3.8, 4) is 28.6 Å². The summed E-state index contributed by atoms with van der Waals surface area (Å²) in [6.45, 7) is 3.04. The van der Waals surface area contributed by atoms with Gasteiger partial charge in [-0.15, -0.1) is 0 Å². The number of amides is 2. The molecule has 6 aromatic rings. The van der Waals surface area contributed by atoms with Crippen molar-refractivity contribution in [3.05, 3.63) is 88.9 Å². The number of hydrogen-bond acceptors (Lipinski definition) is 8. The molecule has 0 aliphatic carbocycles. The van der Waals surface area contributed by atoms with Gasteiger partial charge in [-0.2, -0.15) is 49.1 Å². The van der Waals surface area contributed by atoms with Crippen LogP contribution in [0.15, 0.2) is 55.1 Å². The number of halogens is 4. The summed E-state index contributed by atoms with van der Waals surface area (Å²) in [5.74, 6) is -2.12. The lowest BCUT2D eigenvalue weighted by Gasteiger charge is -2.37. The third-order valence-corrected chi connectivity index (χ3v) is 9.26. The van der Waals surface area contributed by atoms with E-state index < -0.39 is 41.1 Å². The van der Waals surface area contributed by atoms with E-state index in [1.165, 1.54) is 17.2 Å². The Hall–Kier alpha value is -6.38. The zero-order valence-electron chi connectivity index (χ0n) is 28.9. The maximum atomic E-state index is 15.7. The number of aromatic amines is 1. The first-order chi connectivity index (χ1) is 25.1. The zero-order valence-corrected chi connectivity index (χ0v) is 28.9. The smallest absolute Gasteiger partial charge is 0.348 e. The number of carbonyl (C=O) groups excluding carboxylic acids is 2. The molecular weight excluding hydrogens is 696 g/mol. The quantitative estimate of drug-likeness (QED) is 0.209. The Bertz CT molecular complexity index is 2420. The number of fused-ring (bicyclic) bond motifs is 2. The highest BCUT2D eigenvalue weighted by Gasteiger charge is 2.40. The van der Waals surface area contributed by atoms with Crippen molar-refractivity contribution in [2.24, 2.45) is 14.1 Å². The molecule has 1 atom stereocenters. The summed E-state index contributed by atoms with van der Waals surface area (Å²) < 4.78 is 61.1. The molecule has 14 nitrogen and oxygen atoms in total. The monoisotopic (exact) mass is 728 g/mol. The summed E-state index contributed by atoms with van der Waals surface area (Å²) in [5, 5.41) is 35.9. The molecule has 0 saturated heterocycles. The number of carbonyl (C=O) groups is 2. The van der Waals surface area contributed by atoms with Gasteiger partial charge in [0.1, 0.15) is 17.6 Å². The van der Waals surface area contributed by atoms with E-state index in [2.05, 4.69) is 42.1 Å². The number of aryl methyl sites for hydroxylation is 2. The maximum Gasteiger partial charge on any atom is 0.435 e. The summed E-state index contributed by atoms with van der Waals surface area (Å²) in [6, 6.07) is 8.10. The molecule has 0 fully saturated rings. The van der Waals surface area contributed by atoms with E-state index in [0.29, 0.717) is 27.8 Å². The first kappa shape index (κ1) is 35.0. The normalized spacial score (nSPS) is 14.0. The number of alkyl halides is 3. The van der Waals surface area contributed by atoms with Gasteiger partial charge in [-0.3, -0.25) is 23.6 Å². The van der Waals surface area contributed by atoms with Gasteiger partial charge < -0.3 is 10.2 Å². The number of hydrogen-bond donors (Lipinski definition) is 2. The predicted octanol–water partition coefficient (Wildman–Crippen LogP) is 4.19. The average molecular weight is 729 g/mol. The lowest BCUT2D eigenvalue weighted by atomic mass is 9.87. The highest BCUT2D eigenvalue weighted by Crippen LogP contribution is 2.37. The minimum Gasteiger partial charge on any atom is -0.348 e. The van der Waals surface area contributed by atoms with Crippen molar-refractivity contribution < 1.29 is 27.2 Å². The van der Waals surface area contributed by atoms with Crippen LogP contribution in [-0.4, -0.2) is 79.6 Å². The maximum absolute atomic E-state index is 15.7. The molecule has 2 amide bonds. The second kappa shape index (κ2) is 13.0. The number of nitrogens with zero attached hydrogens (tertiary/aromatic N) is 10. The van der Waals surface area contributed by atoms with Crippen molar-refractivity contribution in [1.82, 2.24) is 55.0 Å². The van der Waals surface area contributed by atoms with Crippen molar-refractivity contribution in [2.75, 3.05) is 6.54 Å². The van der Waals surface area contributed by atoms with E-state index in [1.807, 2.05) is 0 Å². The van der Waals surface area contributed by atoms with E-state index >= 15 is 4.39 Å². The van der Waals surface area contributed by atoms with Crippen LogP contribution in [0.5, 0.6) is 0 Å². The number of benzene rings is 2. The van der Waals surface area contributed by atoms with Crippen LogP contribution in [0.25, 0.3) is 33.4 Å². The predicted molar refractivity (Wildman–Crippen MR) is 181 cm³/mol. The van der Waals surface area contributed by atoms with Gasteiger partial charge in [0.25, 0.3) is 5.91 Å². The largest absolute Gasteiger partial charge is 0.435 e. The number of nitriles is 1. The lowest BCUT2D eigenvalue weighted by Crippen LogP contribution is -2.58. The Labute approximate surface area is 299 Å². The fourth-order valence-corrected chi connectivity index (χ4v) is 6.84. The summed E-state index contributed by atoms with van der Waals surface area (Å²) >= 11 is 0. The van der Waals surface area contributed by atoms with Gasteiger partial charge in [0.2, 0.25) is 5.91 Å². The fourth-order valence-electron chi connectivity index (χ4n) is 6.84. The second-order valence-corrected chi connectivity index (χ2v) is 13.6. The van der Waals surface area contributed by atoms with Crippen LogP contribution in [0.2, 0.25) is 0 Å². The number of nitrogens with one attached hydrogen (secondary N) is 2. The molecule has 4 aromatic heterocycles. The molecule has 7 rings (SSSR count). The lowest BCUT2D eigenvalue weighted by molar-refractivity contribution is -0.141. The molecule has 1 aliphatic heterocycles. The minimum atomic E-state index is -4.74. The van der Waals surface area contributed by atoms with Gasteiger partial charge >= 0.3 is 6.18 Å². The van der Waals surface area contributed by atoms with Crippen molar-refractivity contribution in [2.45, 2.75) is 51.0 Å². The van der Waals surface area contributed by atoms with Crippen molar-refractivity contribution >= 4 is 22.7 Å². The van der Waals surface area contributed by atoms with Crippen LogP contribution in [-0.2, 0) is 44.5 Å². The summed E-state index contributed by atoms with van der Waals surface area (Å²) in [5.41, 5.74) is 0.705. The topological polar surface area (TPSA) is 168 Å². The van der Waals surface area contributed by atoms with E-state index in [4.69, 9.17) is 0 Å². The summed E-state index contributed by atoms with van der Waals surface area (Å²) in [6.07, 6.45) is 1.59. The second-order valence-electron chi connectivity index (χ2n) is 13.6.